The Kier molecular flexibility index (Phi) is 4.98. The Balaban J connectivity index is 1.90. The summed E-state index contributed by atoms with van der Waals surface area (Å²) >= 11 is 11.9. The first-order valence-corrected chi connectivity index (χ1v) is 8.26. The fourth-order valence-electron chi connectivity index (χ4n) is 2.37. The second kappa shape index (κ2) is 7.22. The van der Waals surface area contributed by atoms with Crippen LogP contribution in [0.1, 0.15) is 16.2 Å². The predicted octanol–water partition coefficient (Wildman–Crippen LogP) is 3.63. The van der Waals surface area contributed by atoms with Crippen molar-refractivity contribution in [3.05, 3.63) is 67.9 Å². The normalized spacial score (nSPS) is 10.6. The molecule has 0 aliphatic heterocycles. The maximum Gasteiger partial charge on any atom is 0.278 e. The lowest BCUT2D eigenvalue weighted by Crippen LogP contribution is -2.14. The zero-order chi connectivity index (χ0) is 19.7. The van der Waals surface area contributed by atoms with Crippen LogP contribution in [0.3, 0.4) is 0 Å². The zero-order valence-electron chi connectivity index (χ0n) is 13.8. The summed E-state index contributed by atoms with van der Waals surface area (Å²) < 4.78 is 1.34. The van der Waals surface area contributed by atoms with Crippen molar-refractivity contribution in [3.63, 3.8) is 0 Å². The highest BCUT2D eigenvalue weighted by Crippen LogP contribution is 2.31. The monoisotopic (exact) mass is 406 g/mol. The number of amides is 1. The lowest BCUT2D eigenvalue weighted by Gasteiger charge is -2.08. The Morgan fingerprint density at radius 2 is 1.93 bits per heavy atom. The fourth-order valence-corrected chi connectivity index (χ4v) is 2.86. The van der Waals surface area contributed by atoms with Crippen LogP contribution < -0.4 is 11.1 Å². The van der Waals surface area contributed by atoms with Crippen LogP contribution in [0.25, 0.3) is 5.69 Å². The van der Waals surface area contributed by atoms with Crippen molar-refractivity contribution in [3.8, 4) is 5.69 Å². The lowest BCUT2D eigenvalue weighted by atomic mass is 10.2. The van der Waals surface area contributed by atoms with Gasteiger partial charge in [-0.3, -0.25) is 14.9 Å². The maximum atomic E-state index is 12.5. The van der Waals surface area contributed by atoms with Gasteiger partial charge in [0.05, 0.1) is 32.0 Å². The molecular weight excluding hydrogens is 395 g/mol. The van der Waals surface area contributed by atoms with E-state index in [0.29, 0.717) is 17.1 Å². The molecule has 0 saturated heterocycles. The number of hydrogen-bond donors (Lipinski definition) is 2. The molecule has 1 heterocycles. The summed E-state index contributed by atoms with van der Waals surface area (Å²) in [5.74, 6) is -0.541. The zero-order valence-corrected chi connectivity index (χ0v) is 15.3. The number of aromatic nitrogens is 3. The molecule has 0 fully saturated rings. The molecule has 0 atom stereocenters. The van der Waals surface area contributed by atoms with E-state index in [-0.39, 0.29) is 27.1 Å². The van der Waals surface area contributed by atoms with E-state index in [2.05, 4.69) is 15.6 Å². The molecule has 1 amide bonds. The summed E-state index contributed by atoms with van der Waals surface area (Å²) in [7, 11) is 0. The topological polar surface area (TPSA) is 129 Å². The molecule has 1 aromatic heterocycles. The highest BCUT2D eigenvalue weighted by atomic mass is 35.5. The van der Waals surface area contributed by atoms with E-state index < -0.39 is 10.8 Å². The summed E-state index contributed by atoms with van der Waals surface area (Å²) in [6.07, 6.45) is 0. The molecule has 138 valence electrons. The Hall–Kier alpha value is -3.17. The molecule has 27 heavy (non-hydrogen) atoms. The van der Waals surface area contributed by atoms with Crippen LogP contribution in [0.4, 0.5) is 17.1 Å². The van der Waals surface area contributed by atoms with Gasteiger partial charge >= 0.3 is 0 Å². The van der Waals surface area contributed by atoms with Gasteiger partial charge in [-0.15, -0.1) is 5.10 Å². The van der Waals surface area contributed by atoms with E-state index in [1.54, 1.807) is 13.0 Å². The van der Waals surface area contributed by atoms with Gasteiger partial charge in [0.1, 0.15) is 0 Å². The van der Waals surface area contributed by atoms with Crippen LogP contribution in [0.5, 0.6) is 0 Å². The lowest BCUT2D eigenvalue weighted by molar-refractivity contribution is -0.384. The third kappa shape index (κ3) is 3.69. The molecule has 3 rings (SSSR count). The molecular formula is C16H12Cl2N6O3. The number of nitro benzene ring substituents is 1. The number of carbonyl (C=O) groups is 1. The molecule has 0 aliphatic carbocycles. The molecule has 0 bridgehead atoms. The quantitative estimate of drug-likeness (QED) is 0.386. The number of benzene rings is 2. The molecule has 0 spiro atoms. The smallest absolute Gasteiger partial charge is 0.278 e. The summed E-state index contributed by atoms with van der Waals surface area (Å²) in [5.41, 5.74) is 6.98. The second-order valence-electron chi connectivity index (χ2n) is 5.52. The first-order chi connectivity index (χ1) is 12.8. The summed E-state index contributed by atoms with van der Waals surface area (Å²) in [6, 6.07) is 8.76. The molecule has 0 unspecified atom stereocenters. The largest absolute Gasteiger partial charge is 0.396 e. The number of nitrogens with one attached hydrogen (secondary N) is 1. The Bertz CT molecular complexity index is 1040. The minimum atomic E-state index is -0.541. The van der Waals surface area contributed by atoms with Crippen LogP contribution in [0.2, 0.25) is 10.0 Å². The fraction of sp³-hybridized carbons (Fsp3) is 0.0625. The van der Waals surface area contributed by atoms with Crippen molar-refractivity contribution < 1.29 is 9.72 Å². The van der Waals surface area contributed by atoms with Crippen molar-refractivity contribution in [2.24, 2.45) is 0 Å². The Morgan fingerprint density at radius 3 is 2.56 bits per heavy atom. The number of carbonyl (C=O) groups excluding carboxylic acids is 1. The number of nitrogens with zero attached hydrogens (tertiary/aromatic N) is 4. The molecule has 0 aliphatic rings. The molecule has 11 heteroatoms. The van der Waals surface area contributed by atoms with E-state index in [4.69, 9.17) is 28.9 Å². The van der Waals surface area contributed by atoms with Gasteiger partial charge in [-0.05, 0) is 25.1 Å². The van der Waals surface area contributed by atoms with Crippen LogP contribution in [0.15, 0.2) is 36.4 Å². The van der Waals surface area contributed by atoms with Crippen molar-refractivity contribution in [2.45, 2.75) is 6.92 Å². The second-order valence-corrected chi connectivity index (χ2v) is 6.33. The SMILES string of the molecule is Cc1c(C(=O)Nc2cc(Cl)c(N)c(Cl)c2)nnn1-c1cccc([N+](=O)[O-])c1. The first kappa shape index (κ1) is 18.6. The van der Waals surface area contributed by atoms with E-state index in [1.165, 1.54) is 35.0 Å². The number of hydrogen-bond acceptors (Lipinski definition) is 6. The summed E-state index contributed by atoms with van der Waals surface area (Å²) in [6.45, 7) is 1.62. The van der Waals surface area contributed by atoms with Crippen molar-refractivity contribution in [1.82, 2.24) is 15.0 Å². The number of rotatable bonds is 4. The standard InChI is InChI=1S/C16H12Cl2N6O3/c1-8-15(16(25)20-9-5-12(17)14(19)13(18)6-9)21-22-23(8)10-3-2-4-11(7-10)24(26)27/h2-7H,19H2,1H3,(H,20,25). The van der Waals surface area contributed by atoms with E-state index in [0.717, 1.165) is 0 Å². The van der Waals surface area contributed by atoms with Gasteiger partial charge in [0.15, 0.2) is 5.69 Å². The molecule has 3 aromatic rings. The number of halogens is 2. The van der Waals surface area contributed by atoms with E-state index in [9.17, 15) is 14.9 Å². The highest BCUT2D eigenvalue weighted by molar-refractivity contribution is 6.39. The molecule has 0 radical (unpaired) electrons. The number of anilines is 2. The maximum absolute atomic E-state index is 12.5. The summed E-state index contributed by atoms with van der Waals surface area (Å²) in [5, 5.41) is 21.7. The van der Waals surface area contributed by atoms with Crippen LogP contribution in [-0.2, 0) is 0 Å². The van der Waals surface area contributed by atoms with Crippen LogP contribution in [-0.4, -0.2) is 25.8 Å². The van der Waals surface area contributed by atoms with Crippen LogP contribution in [0, 0.1) is 17.0 Å². The average molecular weight is 407 g/mol. The number of non-ortho nitro benzene ring substituents is 1. The molecule has 0 saturated carbocycles. The van der Waals surface area contributed by atoms with Crippen molar-refractivity contribution in [1.29, 1.82) is 0 Å². The van der Waals surface area contributed by atoms with E-state index >= 15 is 0 Å². The minimum Gasteiger partial charge on any atom is -0.396 e. The van der Waals surface area contributed by atoms with Gasteiger partial charge in [-0.25, -0.2) is 4.68 Å². The number of nitrogen functional groups attached to an aromatic ring is 1. The third-order valence-electron chi connectivity index (χ3n) is 3.73. The van der Waals surface area contributed by atoms with Gasteiger partial charge < -0.3 is 11.1 Å². The molecule has 3 N–H and O–H groups in total. The number of nitrogens with two attached hydrogens (primary N) is 1. The van der Waals surface area contributed by atoms with Gasteiger partial charge in [0.2, 0.25) is 0 Å². The van der Waals surface area contributed by atoms with Gasteiger partial charge in [-0.1, -0.05) is 34.5 Å². The van der Waals surface area contributed by atoms with E-state index in [1.807, 2.05) is 0 Å². The Labute approximate surface area is 162 Å². The van der Waals surface area contributed by atoms with Gasteiger partial charge in [0, 0.05) is 17.8 Å². The molecule has 9 nitrogen and oxygen atoms in total. The van der Waals surface area contributed by atoms with Crippen LogP contribution >= 0.6 is 23.2 Å². The number of nitro groups is 1. The van der Waals surface area contributed by atoms with Crippen molar-refractivity contribution >= 4 is 46.2 Å². The van der Waals surface area contributed by atoms with Crippen molar-refractivity contribution in [2.75, 3.05) is 11.1 Å². The van der Waals surface area contributed by atoms with Gasteiger partial charge in [-0.2, -0.15) is 0 Å². The Morgan fingerprint density at radius 1 is 1.26 bits per heavy atom. The first-order valence-electron chi connectivity index (χ1n) is 7.51. The average Bonchev–Trinajstić information content (AvgIpc) is 3.01. The summed E-state index contributed by atoms with van der Waals surface area (Å²) in [4.78, 5) is 22.9. The third-order valence-corrected chi connectivity index (χ3v) is 4.36. The predicted molar refractivity (Wildman–Crippen MR) is 102 cm³/mol. The highest BCUT2D eigenvalue weighted by Gasteiger charge is 2.19. The molecule has 2 aromatic carbocycles. The van der Waals surface area contributed by atoms with Gasteiger partial charge in [0.25, 0.3) is 11.6 Å². The minimum absolute atomic E-state index is 0.0468.